The lowest BCUT2D eigenvalue weighted by Crippen LogP contribution is -2.04. The molecule has 0 aliphatic carbocycles. The van der Waals surface area contributed by atoms with Gasteiger partial charge in [0.15, 0.2) is 0 Å². The molecule has 0 saturated heterocycles. The molecule has 4 heteroatoms. The highest BCUT2D eigenvalue weighted by atomic mass is 16.5. The summed E-state index contributed by atoms with van der Waals surface area (Å²) in [5.74, 6) is -0.151. The van der Waals surface area contributed by atoms with Gasteiger partial charge in [-0.3, -0.25) is 0 Å². The number of rotatable bonds is 5. The van der Waals surface area contributed by atoms with Gasteiger partial charge in [0, 0.05) is 6.07 Å². The minimum absolute atomic E-state index is 0.124. The van der Waals surface area contributed by atoms with Crippen LogP contribution in [0.3, 0.4) is 0 Å². The summed E-state index contributed by atoms with van der Waals surface area (Å²) >= 11 is 0. The first-order valence-corrected chi connectivity index (χ1v) is 6.20. The number of hydrogen-bond acceptors (Lipinski definition) is 3. The molecule has 20 heavy (non-hydrogen) atoms. The number of ether oxygens (including phenoxy) is 2. The fourth-order valence-electron chi connectivity index (χ4n) is 1.85. The molecular weight excluding hydrogens is 256 g/mol. The Balaban J connectivity index is 2.24. The lowest BCUT2D eigenvalue weighted by atomic mass is 10.1. The van der Waals surface area contributed by atoms with Crippen molar-refractivity contribution < 1.29 is 19.4 Å². The highest BCUT2D eigenvalue weighted by Gasteiger charge is 2.13. The van der Waals surface area contributed by atoms with Crippen LogP contribution in [0.2, 0.25) is 0 Å². The van der Waals surface area contributed by atoms with Gasteiger partial charge in [0.1, 0.15) is 23.7 Å². The monoisotopic (exact) mass is 272 g/mol. The van der Waals surface area contributed by atoms with E-state index >= 15 is 0 Å². The maximum atomic E-state index is 11.2. The summed E-state index contributed by atoms with van der Waals surface area (Å²) in [6.07, 6.45) is 0. The Labute approximate surface area is 117 Å². The standard InChI is InChI=1S/C16H16O4/c1-11-5-3-4-6-12(11)10-20-15-9-13(19-2)7-8-14(15)16(17)18/h3-9H,10H2,1-2H3,(H,17,18). The number of methoxy groups -OCH3 is 1. The Bertz CT molecular complexity index is 620. The molecule has 0 aliphatic rings. The van der Waals surface area contributed by atoms with Crippen LogP contribution >= 0.6 is 0 Å². The van der Waals surface area contributed by atoms with Crippen molar-refractivity contribution in [2.45, 2.75) is 13.5 Å². The van der Waals surface area contributed by atoms with Crippen LogP contribution < -0.4 is 9.47 Å². The largest absolute Gasteiger partial charge is 0.497 e. The van der Waals surface area contributed by atoms with Crippen molar-refractivity contribution in [2.75, 3.05) is 7.11 Å². The topological polar surface area (TPSA) is 55.8 Å². The van der Waals surface area contributed by atoms with E-state index in [0.717, 1.165) is 11.1 Å². The average molecular weight is 272 g/mol. The lowest BCUT2D eigenvalue weighted by Gasteiger charge is -2.12. The SMILES string of the molecule is COc1ccc(C(=O)O)c(OCc2ccccc2C)c1. The third-order valence-electron chi connectivity index (χ3n) is 3.06. The van der Waals surface area contributed by atoms with Gasteiger partial charge in [-0.15, -0.1) is 0 Å². The Morgan fingerprint density at radius 3 is 2.60 bits per heavy atom. The summed E-state index contributed by atoms with van der Waals surface area (Å²) < 4.78 is 10.7. The second-order valence-corrected chi connectivity index (χ2v) is 4.38. The fourth-order valence-corrected chi connectivity index (χ4v) is 1.85. The van der Waals surface area contributed by atoms with E-state index < -0.39 is 5.97 Å². The van der Waals surface area contributed by atoms with E-state index in [4.69, 9.17) is 14.6 Å². The van der Waals surface area contributed by atoms with E-state index in [-0.39, 0.29) is 5.56 Å². The van der Waals surface area contributed by atoms with E-state index in [2.05, 4.69) is 0 Å². The Morgan fingerprint density at radius 2 is 1.95 bits per heavy atom. The molecule has 0 aromatic heterocycles. The van der Waals surface area contributed by atoms with Gasteiger partial charge in [0.2, 0.25) is 0 Å². The van der Waals surface area contributed by atoms with E-state index in [9.17, 15) is 4.79 Å². The van der Waals surface area contributed by atoms with Gasteiger partial charge < -0.3 is 14.6 Å². The van der Waals surface area contributed by atoms with Crippen molar-refractivity contribution in [1.29, 1.82) is 0 Å². The minimum Gasteiger partial charge on any atom is -0.497 e. The quantitative estimate of drug-likeness (QED) is 0.907. The van der Waals surface area contributed by atoms with E-state index in [1.54, 1.807) is 12.1 Å². The Morgan fingerprint density at radius 1 is 1.20 bits per heavy atom. The molecule has 2 aromatic carbocycles. The Kier molecular flexibility index (Phi) is 4.25. The van der Waals surface area contributed by atoms with Crippen LogP contribution in [0.1, 0.15) is 21.5 Å². The number of benzene rings is 2. The summed E-state index contributed by atoms with van der Waals surface area (Å²) in [5.41, 5.74) is 2.25. The summed E-state index contributed by atoms with van der Waals surface area (Å²) in [6.45, 7) is 2.31. The van der Waals surface area contributed by atoms with Gasteiger partial charge in [-0.2, -0.15) is 0 Å². The molecule has 2 rings (SSSR count). The molecule has 4 nitrogen and oxygen atoms in total. The molecule has 0 amide bonds. The number of aromatic carboxylic acids is 1. The molecule has 0 unspecified atom stereocenters. The molecular formula is C16H16O4. The van der Waals surface area contributed by atoms with Crippen molar-refractivity contribution in [3.05, 3.63) is 59.2 Å². The molecule has 0 radical (unpaired) electrons. The molecule has 0 saturated carbocycles. The smallest absolute Gasteiger partial charge is 0.339 e. The first-order valence-electron chi connectivity index (χ1n) is 6.20. The first kappa shape index (κ1) is 13.9. The lowest BCUT2D eigenvalue weighted by molar-refractivity contribution is 0.0691. The second kappa shape index (κ2) is 6.10. The van der Waals surface area contributed by atoms with Crippen LogP contribution in [0.4, 0.5) is 0 Å². The van der Waals surface area contributed by atoms with Crippen LogP contribution in [0.15, 0.2) is 42.5 Å². The zero-order valence-electron chi connectivity index (χ0n) is 11.4. The van der Waals surface area contributed by atoms with Crippen molar-refractivity contribution in [3.63, 3.8) is 0 Å². The number of aryl methyl sites for hydroxylation is 1. The molecule has 0 spiro atoms. The zero-order chi connectivity index (χ0) is 14.5. The molecule has 104 valence electrons. The third-order valence-corrected chi connectivity index (χ3v) is 3.06. The summed E-state index contributed by atoms with van der Waals surface area (Å²) in [6, 6.07) is 12.5. The summed E-state index contributed by atoms with van der Waals surface area (Å²) in [5, 5.41) is 9.16. The molecule has 2 aromatic rings. The van der Waals surface area contributed by atoms with E-state index in [1.807, 2.05) is 31.2 Å². The predicted octanol–water partition coefficient (Wildman–Crippen LogP) is 3.28. The predicted molar refractivity (Wildman–Crippen MR) is 75.5 cm³/mol. The zero-order valence-corrected chi connectivity index (χ0v) is 11.4. The van der Waals surface area contributed by atoms with Gasteiger partial charge in [0.05, 0.1) is 7.11 Å². The maximum absolute atomic E-state index is 11.2. The highest BCUT2D eigenvalue weighted by Crippen LogP contribution is 2.26. The van der Waals surface area contributed by atoms with Crippen molar-refractivity contribution in [2.24, 2.45) is 0 Å². The van der Waals surface area contributed by atoms with Crippen LogP contribution in [-0.4, -0.2) is 18.2 Å². The maximum Gasteiger partial charge on any atom is 0.339 e. The number of hydrogen-bond donors (Lipinski definition) is 1. The molecule has 1 N–H and O–H groups in total. The van der Waals surface area contributed by atoms with Crippen molar-refractivity contribution in [1.82, 2.24) is 0 Å². The Hall–Kier alpha value is -2.49. The number of carboxylic acid groups (broad SMARTS) is 1. The van der Waals surface area contributed by atoms with Gasteiger partial charge >= 0.3 is 5.97 Å². The average Bonchev–Trinajstić information content (AvgIpc) is 2.46. The van der Waals surface area contributed by atoms with Gasteiger partial charge in [0.25, 0.3) is 0 Å². The normalized spacial score (nSPS) is 10.1. The van der Waals surface area contributed by atoms with Crippen LogP contribution in [0, 0.1) is 6.92 Å². The molecule has 0 aliphatic heterocycles. The van der Waals surface area contributed by atoms with Gasteiger partial charge in [-0.05, 0) is 30.2 Å². The van der Waals surface area contributed by atoms with Crippen molar-refractivity contribution in [3.8, 4) is 11.5 Å². The highest BCUT2D eigenvalue weighted by molar-refractivity contribution is 5.91. The molecule has 0 atom stereocenters. The number of carbonyl (C=O) groups is 1. The van der Waals surface area contributed by atoms with E-state index in [0.29, 0.717) is 18.1 Å². The second-order valence-electron chi connectivity index (χ2n) is 4.38. The van der Waals surface area contributed by atoms with Crippen molar-refractivity contribution >= 4 is 5.97 Å². The summed E-state index contributed by atoms with van der Waals surface area (Å²) in [4.78, 5) is 11.2. The fraction of sp³-hybridized carbons (Fsp3) is 0.188. The minimum atomic E-state index is -1.02. The van der Waals surface area contributed by atoms with Crippen LogP contribution in [0.5, 0.6) is 11.5 Å². The third kappa shape index (κ3) is 3.09. The molecule has 0 heterocycles. The first-order chi connectivity index (χ1) is 9.61. The number of carboxylic acids is 1. The van der Waals surface area contributed by atoms with Gasteiger partial charge in [-0.25, -0.2) is 4.79 Å². The summed E-state index contributed by atoms with van der Waals surface area (Å²) in [7, 11) is 1.53. The molecule has 0 bridgehead atoms. The van der Waals surface area contributed by atoms with Crippen LogP contribution in [-0.2, 0) is 6.61 Å². The van der Waals surface area contributed by atoms with Crippen LogP contribution in [0.25, 0.3) is 0 Å². The molecule has 0 fully saturated rings. The van der Waals surface area contributed by atoms with E-state index in [1.165, 1.54) is 13.2 Å². The van der Waals surface area contributed by atoms with Gasteiger partial charge in [-0.1, -0.05) is 24.3 Å².